The number of hydrogen-bond donors (Lipinski definition) is 1. The van der Waals surface area contributed by atoms with Gasteiger partial charge < -0.3 is 10.6 Å². The first kappa shape index (κ1) is 12.0. The summed E-state index contributed by atoms with van der Waals surface area (Å²) in [4.78, 5) is 6.65. The van der Waals surface area contributed by atoms with Gasteiger partial charge in [0.25, 0.3) is 0 Å². The second-order valence-corrected chi connectivity index (χ2v) is 5.63. The molecule has 2 N–H and O–H groups in total. The normalized spacial score (nSPS) is 16.9. The number of nitrogens with two attached hydrogens (primary N) is 1. The highest BCUT2D eigenvalue weighted by Gasteiger charge is 2.21. The number of anilines is 2. The lowest BCUT2D eigenvalue weighted by atomic mass is 9.83. The molecule has 17 heavy (non-hydrogen) atoms. The standard InChI is InChI=1S/C14H21N3/c1-14(2,3)11-6-8-17(9-7-11)13-5-4-12(15)10-16-13/h4-6,10H,7-9,15H2,1-3H3. The molecular formula is C14H21N3. The van der Waals surface area contributed by atoms with Gasteiger partial charge >= 0.3 is 0 Å². The van der Waals surface area contributed by atoms with Crippen LogP contribution in [0, 0.1) is 5.41 Å². The SMILES string of the molecule is CC(C)(C)C1=CCN(c2ccc(N)cn2)CC1. The largest absolute Gasteiger partial charge is 0.397 e. The highest BCUT2D eigenvalue weighted by molar-refractivity contribution is 5.47. The molecule has 0 radical (unpaired) electrons. The summed E-state index contributed by atoms with van der Waals surface area (Å²) in [6.45, 7) is 8.81. The molecule has 0 aromatic carbocycles. The highest BCUT2D eigenvalue weighted by Crippen LogP contribution is 2.31. The highest BCUT2D eigenvalue weighted by atomic mass is 15.2. The molecule has 0 fully saturated rings. The summed E-state index contributed by atoms with van der Waals surface area (Å²) in [7, 11) is 0. The Morgan fingerprint density at radius 2 is 2.06 bits per heavy atom. The van der Waals surface area contributed by atoms with Gasteiger partial charge in [0, 0.05) is 13.1 Å². The molecule has 1 aliphatic rings. The fourth-order valence-electron chi connectivity index (χ4n) is 2.14. The van der Waals surface area contributed by atoms with Crippen LogP contribution in [0.1, 0.15) is 27.2 Å². The molecule has 0 atom stereocenters. The van der Waals surface area contributed by atoms with E-state index in [2.05, 4.69) is 36.7 Å². The molecule has 0 bridgehead atoms. The molecule has 2 rings (SSSR count). The molecule has 0 saturated heterocycles. The van der Waals surface area contributed by atoms with Crippen molar-refractivity contribution in [2.24, 2.45) is 5.41 Å². The molecule has 1 aromatic rings. The Balaban J connectivity index is 2.09. The molecule has 2 heterocycles. The van der Waals surface area contributed by atoms with Gasteiger partial charge in [-0.1, -0.05) is 32.4 Å². The third-order valence-corrected chi connectivity index (χ3v) is 3.27. The zero-order chi connectivity index (χ0) is 12.5. The number of nitrogen functional groups attached to an aromatic ring is 1. The number of aromatic nitrogens is 1. The quantitative estimate of drug-likeness (QED) is 0.756. The summed E-state index contributed by atoms with van der Waals surface area (Å²) >= 11 is 0. The Hall–Kier alpha value is -1.51. The number of hydrogen-bond acceptors (Lipinski definition) is 3. The van der Waals surface area contributed by atoms with Crippen LogP contribution in [0.2, 0.25) is 0 Å². The Morgan fingerprint density at radius 1 is 1.29 bits per heavy atom. The van der Waals surface area contributed by atoms with Gasteiger partial charge in [-0.2, -0.15) is 0 Å². The van der Waals surface area contributed by atoms with Crippen molar-refractivity contribution in [3.63, 3.8) is 0 Å². The lowest BCUT2D eigenvalue weighted by Crippen LogP contribution is -2.31. The van der Waals surface area contributed by atoms with Crippen LogP contribution in [0.4, 0.5) is 11.5 Å². The zero-order valence-corrected chi connectivity index (χ0v) is 10.9. The first-order valence-corrected chi connectivity index (χ1v) is 6.13. The van der Waals surface area contributed by atoms with Gasteiger partial charge in [-0.15, -0.1) is 0 Å². The van der Waals surface area contributed by atoms with Crippen LogP contribution >= 0.6 is 0 Å². The average molecular weight is 231 g/mol. The van der Waals surface area contributed by atoms with Crippen LogP contribution in [0.3, 0.4) is 0 Å². The third-order valence-electron chi connectivity index (χ3n) is 3.27. The molecule has 0 unspecified atom stereocenters. The summed E-state index contributed by atoms with van der Waals surface area (Å²) in [6, 6.07) is 3.90. The minimum absolute atomic E-state index is 0.292. The Kier molecular flexibility index (Phi) is 3.09. The summed E-state index contributed by atoms with van der Waals surface area (Å²) in [5, 5.41) is 0. The maximum Gasteiger partial charge on any atom is 0.128 e. The third kappa shape index (κ3) is 2.78. The van der Waals surface area contributed by atoms with Crippen molar-refractivity contribution in [3.8, 4) is 0 Å². The van der Waals surface area contributed by atoms with Crippen LogP contribution < -0.4 is 10.6 Å². The number of nitrogens with zero attached hydrogens (tertiary/aromatic N) is 2. The number of rotatable bonds is 1. The molecule has 92 valence electrons. The Morgan fingerprint density at radius 3 is 2.53 bits per heavy atom. The second kappa shape index (κ2) is 4.40. The molecule has 3 heteroatoms. The fraction of sp³-hybridized carbons (Fsp3) is 0.500. The van der Waals surface area contributed by atoms with Gasteiger partial charge in [0.05, 0.1) is 11.9 Å². The van der Waals surface area contributed by atoms with Crippen molar-refractivity contribution >= 4 is 11.5 Å². The van der Waals surface area contributed by atoms with Crippen molar-refractivity contribution in [2.75, 3.05) is 23.7 Å². The van der Waals surface area contributed by atoms with E-state index < -0.39 is 0 Å². The van der Waals surface area contributed by atoms with Crippen LogP contribution in [0.15, 0.2) is 30.0 Å². The van der Waals surface area contributed by atoms with E-state index >= 15 is 0 Å². The van der Waals surface area contributed by atoms with Crippen LogP contribution in [-0.4, -0.2) is 18.1 Å². The van der Waals surface area contributed by atoms with Crippen LogP contribution in [0.5, 0.6) is 0 Å². The van der Waals surface area contributed by atoms with Crippen molar-refractivity contribution in [1.29, 1.82) is 0 Å². The molecular weight excluding hydrogens is 210 g/mol. The predicted molar refractivity (Wildman–Crippen MR) is 73.0 cm³/mol. The zero-order valence-electron chi connectivity index (χ0n) is 10.9. The minimum Gasteiger partial charge on any atom is -0.397 e. The van der Waals surface area contributed by atoms with Crippen molar-refractivity contribution in [3.05, 3.63) is 30.0 Å². The second-order valence-electron chi connectivity index (χ2n) is 5.63. The lowest BCUT2D eigenvalue weighted by Gasteiger charge is -2.32. The smallest absolute Gasteiger partial charge is 0.128 e. The Labute approximate surface area is 103 Å². The maximum atomic E-state index is 5.64. The molecule has 0 spiro atoms. The molecule has 0 amide bonds. The Bertz CT molecular complexity index is 412. The van der Waals surface area contributed by atoms with Gasteiger partial charge in [0.15, 0.2) is 0 Å². The van der Waals surface area contributed by atoms with Gasteiger partial charge in [-0.3, -0.25) is 0 Å². The van der Waals surface area contributed by atoms with E-state index in [1.807, 2.05) is 12.1 Å². The molecule has 0 aliphatic carbocycles. The summed E-state index contributed by atoms with van der Waals surface area (Å²) in [5.74, 6) is 1.02. The van der Waals surface area contributed by atoms with Crippen molar-refractivity contribution in [1.82, 2.24) is 4.98 Å². The molecule has 3 nitrogen and oxygen atoms in total. The molecule has 1 aromatic heterocycles. The average Bonchev–Trinajstić information content (AvgIpc) is 2.29. The van der Waals surface area contributed by atoms with E-state index in [1.165, 1.54) is 0 Å². The van der Waals surface area contributed by atoms with E-state index in [4.69, 9.17) is 5.73 Å². The first-order chi connectivity index (χ1) is 7.97. The molecule has 0 saturated carbocycles. The fourth-order valence-corrected chi connectivity index (χ4v) is 2.14. The van der Waals surface area contributed by atoms with E-state index in [0.29, 0.717) is 5.41 Å². The van der Waals surface area contributed by atoms with Gasteiger partial charge in [-0.05, 0) is 24.0 Å². The first-order valence-electron chi connectivity index (χ1n) is 6.13. The van der Waals surface area contributed by atoms with Crippen LogP contribution in [-0.2, 0) is 0 Å². The van der Waals surface area contributed by atoms with Gasteiger partial charge in [0.1, 0.15) is 5.82 Å². The van der Waals surface area contributed by atoms with Gasteiger partial charge in [0.2, 0.25) is 0 Å². The van der Waals surface area contributed by atoms with E-state index in [0.717, 1.165) is 31.0 Å². The summed E-state index contributed by atoms with van der Waals surface area (Å²) < 4.78 is 0. The van der Waals surface area contributed by atoms with E-state index in [1.54, 1.807) is 11.8 Å². The predicted octanol–water partition coefficient (Wildman–Crippen LogP) is 2.85. The summed E-state index contributed by atoms with van der Waals surface area (Å²) in [5.41, 5.74) is 8.20. The van der Waals surface area contributed by atoms with E-state index in [-0.39, 0.29) is 0 Å². The number of pyridine rings is 1. The monoisotopic (exact) mass is 231 g/mol. The maximum absolute atomic E-state index is 5.64. The lowest BCUT2D eigenvalue weighted by molar-refractivity contribution is 0.472. The van der Waals surface area contributed by atoms with Crippen molar-refractivity contribution in [2.45, 2.75) is 27.2 Å². The van der Waals surface area contributed by atoms with Crippen molar-refractivity contribution < 1.29 is 0 Å². The van der Waals surface area contributed by atoms with E-state index in [9.17, 15) is 0 Å². The molecule has 1 aliphatic heterocycles. The minimum atomic E-state index is 0.292. The van der Waals surface area contributed by atoms with Gasteiger partial charge in [-0.25, -0.2) is 4.98 Å². The summed E-state index contributed by atoms with van der Waals surface area (Å²) in [6.07, 6.45) is 5.18. The van der Waals surface area contributed by atoms with Crippen LogP contribution in [0.25, 0.3) is 0 Å². The topological polar surface area (TPSA) is 42.1 Å².